The fourth-order valence-corrected chi connectivity index (χ4v) is 3.72. The average molecular weight is 420 g/mol. The number of carbonyl (C=O) groups is 1. The van der Waals surface area contributed by atoms with Crippen molar-refractivity contribution in [2.45, 2.75) is 13.8 Å². The van der Waals surface area contributed by atoms with Gasteiger partial charge in [0.05, 0.1) is 10.7 Å². The van der Waals surface area contributed by atoms with Crippen molar-refractivity contribution in [1.82, 2.24) is 9.97 Å². The molecule has 1 amide bonds. The predicted octanol–water partition coefficient (Wildman–Crippen LogP) is 6.43. The van der Waals surface area contributed by atoms with Crippen molar-refractivity contribution >= 4 is 34.2 Å². The minimum absolute atomic E-state index is 0.266. The molecule has 4 nitrogen and oxygen atoms in total. The molecule has 0 bridgehead atoms. The molecule has 2 aromatic heterocycles. The summed E-state index contributed by atoms with van der Waals surface area (Å²) < 4.78 is 13.9. The molecule has 0 saturated carbocycles. The lowest BCUT2D eigenvalue weighted by Gasteiger charge is -2.12. The number of hydrogen-bond donors (Lipinski definition) is 2. The van der Waals surface area contributed by atoms with E-state index in [1.165, 1.54) is 12.1 Å². The van der Waals surface area contributed by atoms with Crippen molar-refractivity contribution in [2.24, 2.45) is 0 Å². The van der Waals surface area contributed by atoms with Crippen LogP contribution in [0.4, 0.5) is 10.1 Å². The van der Waals surface area contributed by atoms with E-state index in [0.717, 1.165) is 33.3 Å². The lowest BCUT2D eigenvalue weighted by atomic mass is 9.96. The third-order valence-corrected chi connectivity index (χ3v) is 5.37. The van der Waals surface area contributed by atoms with Crippen LogP contribution in [0.2, 0.25) is 5.02 Å². The molecular weight excluding hydrogens is 401 g/mol. The number of H-pyrrole nitrogens is 1. The monoisotopic (exact) mass is 419 g/mol. The van der Waals surface area contributed by atoms with Crippen LogP contribution in [0.1, 0.15) is 11.1 Å². The average Bonchev–Trinajstić information content (AvgIpc) is 3.12. The standard InChI is InChI=1S/C24H19ClFN3O/c1-4-20(30)28-19-12-15(6-5-13(19)2)21-22-17(25)9-10-27-24(22)29-23(21)16-7-8-18(26)14(3)11-16/h4-12H,1H2,2-3H3,(H,27,29)(H,28,30). The van der Waals surface area contributed by atoms with Crippen LogP contribution < -0.4 is 5.32 Å². The van der Waals surface area contributed by atoms with Crippen LogP contribution in [-0.4, -0.2) is 15.9 Å². The number of rotatable bonds is 4. The quantitative estimate of drug-likeness (QED) is 0.374. The lowest BCUT2D eigenvalue weighted by Crippen LogP contribution is -2.08. The van der Waals surface area contributed by atoms with Crippen LogP contribution in [0, 0.1) is 19.7 Å². The number of nitrogens with zero attached hydrogens (tertiary/aromatic N) is 1. The van der Waals surface area contributed by atoms with Crippen molar-refractivity contribution in [1.29, 1.82) is 0 Å². The third-order valence-electron chi connectivity index (χ3n) is 5.06. The smallest absolute Gasteiger partial charge is 0.247 e. The first kappa shape index (κ1) is 19.9. The van der Waals surface area contributed by atoms with Gasteiger partial charge >= 0.3 is 0 Å². The first-order valence-electron chi connectivity index (χ1n) is 9.36. The second-order valence-electron chi connectivity index (χ2n) is 7.08. The molecular formula is C24H19ClFN3O. The summed E-state index contributed by atoms with van der Waals surface area (Å²) in [5, 5.41) is 4.15. The number of halogens is 2. The highest BCUT2D eigenvalue weighted by atomic mass is 35.5. The van der Waals surface area contributed by atoms with Gasteiger partial charge in [0.1, 0.15) is 11.5 Å². The Balaban J connectivity index is 2.00. The molecule has 2 aromatic carbocycles. The molecule has 2 heterocycles. The number of anilines is 1. The van der Waals surface area contributed by atoms with Gasteiger partial charge in [-0.3, -0.25) is 4.79 Å². The molecule has 6 heteroatoms. The van der Waals surface area contributed by atoms with Crippen molar-refractivity contribution in [3.63, 3.8) is 0 Å². The van der Waals surface area contributed by atoms with Gasteiger partial charge in [0, 0.05) is 22.8 Å². The van der Waals surface area contributed by atoms with E-state index in [1.807, 2.05) is 25.1 Å². The Morgan fingerprint density at radius 1 is 1.13 bits per heavy atom. The summed E-state index contributed by atoms with van der Waals surface area (Å²) in [6.45, 7) is 7.14. The van der Waals surface area contributed by atoms with Crippen LogP contribution in [0.25, 0.3) is 33.4 Å². The molecule has 0 spiro atoms. The van der Waals surface area contributed by atoms with Gasteiger partial charge < -0.3 is 10.3 Å². The first-order valence-corrected chi connectivity index (χ1v) is 9.74. The Bertz CT molecular complexity index is 1310. The fourth-order valence-electron chi connectivity index (χ4n) is 3.48. The molecule has 0 atom stereocenters. The van der Waals surface area contributed by atoms with E-state index in [4.69, 9.17) is 11.6 Å². The molecule has 0 aliphatic heterocycles. The second kappa shape index (κ2) is 7.76. The van der Waals surface area contributed by atoms with E-state index >= 15 is 0 Å². The van der Waals surface area contributed by atoms with Gasteiger partial charge in [0.2, 0.25) is 5.91 Å². The minimum atomic E-state index is -0.289. The largest absolute Gasteiger partial charge is 0.339 e. The molecule has 0 aliphatic rings. The number of aromatic nitrogens is 2. The number of hydrogen-bond acceptors (Lipinski definition) is 2. The van der Waals surface area contributed by atoms with Crippen molar-refractivity contribution < 1.29 is 9.18 Å². The van der Waals surface area contributed by atoms with Crippen molar-refractivity contribution in [2.75, 3.05) is 5.32 Å². The number of fused-ring (bicyclic) bond motifs is 1. The van der Waals surface area contributed by atoms with Gasteiger partial charge in [-0.1, -0.05) is 30.3 Å². The van der Waals surface area contributed by atoms with E-state index in [-0.39, 0.29) is 11.7 Å². The summed E-state index contributed by atoms with van der Waals surface area (Å²) in [6.07, 6.45) is 2.86. The number of carbonyl (C=O) groups excluding carboxylic acids is 1. The zero-order chi connectivity index (χ0) is 21.4. The van der Waals surface area contributed by atoms with Gasteiger partial charge in [-0.05, 0) is 72.5 Å². The zero-order valence-electron chi connectivity index (χ0n) is 16.5. The van der Waals surface area contributed by atoms with Gasteiger partial charge in [0.25, 0.3) is 0 Å². The first-order chi connectivity index (χ1) is 14.4. The normalized spacial score (nSPS) is 10.9. The summed E-state index contributed by atoms with van der Waals surface area (Å²) >= 11 is 6.54. The number of aromatic amines is 1. The maximum Gasteiger partial charge on any atom is 0.247 e. The minimum Gasteiger partial charge on any atom is -0.339 e. The molecule has 30 heavy (non-hydrogen) atoms. The van der Waals surface area contributed by atoms with Crippen LogP contribution in [0.5, 0.6) is 0 Å². The molecule has 0 fully saturated rings. The Morgan fingerprint density at radius 2 is 1.90 bits per heavy atom. The van der Waals surface area contributed by atoms with Gasteiger partial charge in [0.15, 0.2) is 0 Å². The molecule has 2 N–H and O–H groups in total. The van der Waals surface area contributed by atoms with Gasteiger partial charge in [-0.25, -0.2) is 9.37 Å². The summed E-state index contributed by atoms with van der Waals surface area (Å²) in [4.78, 5) is 19.6. The maximum atomic E-state index is 13.9. The summed E-state index contributed by atoms with van der Waals surface area (Å²) in [5.41, 5.74) is 6.03. The van der Waals surface area contributed by atoms with E-state index < -0.39 is 0 Å². The number of benzene rings is 2. The van der Waals surface area contributed by atoms with E-state index in [2.05, 4.69) is 21.9 Å². The van der Waals surface area contributed by atoms with Crippen LogP contribution in [-0.2, 0) is 4.79 Å². The Hall–Kier alpha value is -3.44. The molecule has 0 radical (unpaired) electrons. The van der Waals surface area contributed by atoms with Gasteiger partial charge in [-0.2, -0.15) is 0 Å². The second-order valence-corrected chi connectivity index (χ2v) is 7.49. The fraction of sp³-hybridized carbons (Fsp3) is 0.0833. The Labute approximate surface area is 178 Å². The molecule has 4 aromatic rings. The lowest BCUT2D eigenvalue weighted by molar-refractivity contribution is -0.111. The summed E-state index contributed by atoms with van der Waals surface area (Å²) in [5.74, 6) is -0.555. The number of pyridine rings is 1. The van der Waals surface area contributed by atoms with E-state index in [1.54, 1.807) is 31.3 Å². The molecule has 150 valence electrons. The highest BCUT2D eigenvalue weighted by molar-refractivity contribution is 6.36. The molecule has 0 saturated heterocycles. The van der Waals surface area contributed by atoms with Crippen LogP contribution >= 0.6 is 11.6 Å². The summed E-state index contributed by atoms with van der Waals surface area (Å²) in [7, 11) is 0. The third kappa shape index (κ3) is 3.48. The number of amides is 1. The Kier molecular flexibility index (Phi) is 5.14. The van der Waals surface area contributed by atoms with Crippen LogP contribution in [0.3, 0.4) is 0 Å². The SMILES string of the molecule is C=CC(=O)Nc1cc(-c2c(-c3ccc(F)c(C)c3)[nH]c3nccc(Cl)c23)ccc1C. The Morgan fingerprint density at radius 3 is 2.63 bits per heavy atom. The zero-order valence-corrected chi connectivity index (χ0v) is 17.3. The molecule has 4 rings (SSSR count). The summed E-state index contributed by atoms with van der Waals surface area (Å²) in [6, 6.07) is 12.5. The van der Waals surface area contributed by atoms with Crippen molar-refractivity contribution in [3.05, 3.63) is 83.3 Å². The topological polar surface area (TPSA) is 57.8 Å². The van der Waals surface area contributed by atoms with Crippen molar-refractivity contribution in [3.8, 4) is 22.4 Å². The predicted molar refractivity (Wildman–Crippen MR) is 120 cm³/mol. The number of aryl methyl sites for hydroxylation is 2. The highest BCUT2D eigenvalue weighted by Crippen LogP contribution is 2.42. The van der Waals surface area contributed by atoms with Crippen LogP contribution in [0.15, 0.2) is 61.3 Å². The molecule has 0 unspecified atom stereocenters. The maximum absolute atomic E-state index is 13.9. The molecule has 0 aliphatic carbocycles. The van der Waals surface area contributed by atoms with Gasteiger partial charge in [-0.15, -0.1) is 0 Å². The highest BCUT2D eigenvalue weighted by Gasteiger charge is 2.19. The van der Waals surface area contributed by atoms with E-state index in [0.29, 0.717) is 21.9 Å². The number of nitrogens with one attached hydrogen (secondary N) is 2. The van der Waals surface area contributed by atoms with E-state index in [9.17, 15) is 9.18 Å².